The minimum Gasteiger partial charge on any atom is -0.293 e. The van der Waals surface area contributed by atoms with Crippen LogP contribution < -0.4 is 0 Å². The first-order valence-corrected chi connectivity index (χ1v) is 3.66. The molecule has 1 aromatic heterocycles. The predicted octanol–water partition coefficient (Wildman–Crippen LogP) is 1.66. The second-order valence-electron chi connectivity index (χ2n) is 2.23. The number of hydrogen-bond acceptors (Lipinski definition) is 3. The first kappa shape index (κ1) is 8.87. The van der Waals surface area contributed by atoms with E-state index in [1.54, 1.807) is 6.07 Å². The summed E-state index contributed by atoms with van der Waals surface area (Å²) in [6.45, 7) is 1.34. The van der Waals surface area contributed by atoms with Crippen molar-refractivity contribution >= 4 is 22.6 Å². The van der Waals surface area contributed by atoms with Crippen molar-refractivity contribution in [3.63, 3.8) is 0 Å². The van der Waals surface area contributed by atoms with Crippen LogP contribution in [0.3, 0.4) is 0 Å². The Labute approximate surface area is 74.4 Å². The number of ketones is 1. The topological polar surface area (TPSA) is 47.0 Å². The Bertz CT molecular complexity index is 303. The molecule has 0 N–H and O–H groups in total. The van der Waals surface area contributed by atoms with Gasteiger partial charge in [-0.25, -0.2) is 0 Å². The number of carbonyl (C=O) groups excluding carboxylic acids is 2. The third-order valence-corrected chi connectivity index (χ3v) is 1.56. The maximum Gasteiger partial charge on any atom is 0.254 e. The summed E-state index contributed by atoms with van der Waals surface area (Å²) in [5, 5.41) is -0.659. The minimum atomic E-state index is -0.659. The van der Waals surface area contributed by atoms with Crippen LogP contribution in [0.1, 0.15) is 27.8 Å². The number of nitrogens with zero attached hydrogens (tertiary/aromatic N) is 1. The van der Waals surface area contributed by atoms with E-state index in [0.717, 1.165) is 0 Å². The van der Waals surface area contributed by atoms with Crippen LogP contribution in [0.4, 0.5) is 0 Å². The lowest BCUT2D eigenvalue weighted by Gasteiger charge is -1.98. The van der Waals surface area contributed by atoms with Crippen molar-refractivity contribution in [2.24, 2.45) is 0 Å². The SMILES string of the molecule is CC(=O)c1ncccc1C(=O)Cl. The molecule has 0 fully saturated rings. The van der Waals surface area contributed by atoms with Crippen molar-refractivity contribution < 1.29 is 9.59 Å². The van der Waals surface area contributed by atoms with E-state index in [-0.39, 0.29) is 17.0 Å². The van der Waals surface area contributed by atoms with Crippen LogP contribution in [-0.4, -0.2) is 16.0 Å². The van der Waals surface area contributed by atoms with E-state index in [0.29, 0.717) is 0 Å². The molecule has 4 heteroatoms. The smallest absolute Gasteiger partial charge is 0.254 e. The Morgan fingerprint density at radius 3 is 2.58 bits per heavy atom. The number of rotatable bonds is 2. The molecular formula is C8H6ClNO2. The molecule has 0 atom stereocenters. The van der Waals surface area contributed by atoms with E-state index in [9.17, 15) is 9.59 Å². The number of Topliss-reactive ketones (excluding diaryl/α,β-unsaturated/α-hetero) is 1. The number of pyridine rings is 1. The molecule has 0 radical (unpaired) electrons. The maximum absolute atomic E-state index is 10.9. The Morgan fingerprint density at radius 2 is 2.17 bits per heavy atom. The quantitative estimate of drug-likeness (QED) is 0.518. The van der Waals surface area contributed by atoms with Crippen molar-refractivity contribution in [1.29, 1.82) is 0 Å². The van der Waals surface area contributed by atoms with Gasteiger partial charge < -0.3 is 0 Å². The Morgan fingerprint density at radius 1 is 1.50 bits per heavy atom. The van der Waals surface area contributed by atoms with Gasteiger partial charge in [0.2, 0.25) is 0 Å². The highest BCUT2D eigenvalue weighted by Gasteiger charge is 2.12. The summed E-state index contributed by atoms with van der Waals surface area (Å²) in [5.41, 5.74) is 0.282. The Hall–Kier alpha value is -1.22. The molecule has 0 unspecified atom stereocenters. The summed E-state index contributed by atoms with van der Waals surface area (Å²) >= 11 is 5.22. The van der Waals surface area contributed by atoms with Gasteiger partial charge in [0, 0.05) is 13.1 Å². The van der Waals surface area contributed by atoms with Crippen LogP contribution in [0.2, 0.25) is 0 Å². The molecule has 1 rings (SSSR count). The molecule has 0 saturated carbocycles. The normalized spacial score (nSPS) is 9.50. The number of aromatic nitrogens is 1. The summed E-state index contributed by atoms with van der Waals surface area (Å²) < 4.78 is 0. The van der Waals surface area contributed by atoms with Gasteiger partial charge in [-0.2, -0.15) is 0 Å². The van der Waals surface area contributed by atoms with E-state index in [1.165, 1.54) is 19.2 Å². The zero-order chi connectivity index (χ0) is 9.14. The van der Waals surface area contributed by atoms with Crippen LogP contribution in [0.25, 0.3) is 0 Å². The van der Waals surface area contributed by atoms with Crippen molar-refractivity contribution in [3.05, 3.63) is 29.6 Å². The van der Waals surface area contributed by atoms with Crippen LogP contribution >= 0.6 is 11.6 Å². The zero-order valence-corrected chi connectivity index (χ0v) is 7.13. The monoisotopic (exact) mass is 183 g/mol. The molecule has 62 valence electrons. The lowest BCUT2D eigenvalue weighted by molar-refractivity contribution is 0.0996. The summed E-state index contributed by atoms with van der Waals surface area (Å²) in [7, 11) is 0. The summed E-state index contributed by atoms with van der Waals surface area (Å²) in [5.74, 6) is -0.264. The molecule has 0 aliphatic carbocycles. The van der Waals surface area contributed by atoms with Crippen molar-refractivity contribution in [2.75, 3.05) is 0 Å². The molecule has 0 amide bonds. The molecule has 1 aromatic rings. The third kappa shape index (κ3) is 1.68. The van der Waals surface area contributed by atoms with Crippen LogP contribution in [-0.2, 0) is 0 Å². The molecule has 3 nitrogen and oxygen atoms in total. The number of halogens is 1. The van der Waals surface area contributed by atoms with Crippen LogP contribution in [0, 0.1) is 0 Å². The van der Waals surface area contributed by atoms with Crippen LogP contribution in [0.15, 0.2) is 18.3 Å². The largest absolute Gasteiger partial charge is 0.293 e. The molecule has 0 bridgehead atoms. The van der Waals surface area contributed by atoms with E-state index in [4.69, 9.17) is 11.6 Å². The summed E-state index contributed by atoms with van der Waals surface area (Å²) in [6, 6.07) is 3.03. The van der Waals surface area contributed by atoms with Gasteiger partial charge in [-0.05, 0) is 23.7 Å². The first-order valence-electron chi connectivity index (χ1n) is 3.28. The Kier molecular flexibility index (Phi) is 2.55. The first-order chi connectivity index (χ1) is 5.63. The standard InChI is InChI=1S/C8H6ClNO2/c1-5(11)7-6(8(9)12)3-2-4-10-7/h2-4H,1H3. The van der Waals surface area contributed by atoms with Gasteiger partial charge in [0.1, 0.15) is 5.69 Å². The van der Waals surface area contributed by atoms with Crippen molar-refractivity contribution in [2.45, 2.75) is 6.92 Å². The fourth-order valence-corrected chi connectivity index (χ4v) is 0.997. The molecule has 0 aliphatic rings. The van der Waals surface area contributed by atoms with Crippen molar-refractivity contribution in [3.8, 4) is 0 Å². The molecule has 0 saturated heterocycles. The lowest BCUT2D eigenvalue weighted by atomic mass is 10.1. The van der Waals surface area contributed by atoms with Gasteiger partial charge in [0.25, 0.3) is 5.24 Å². The summed E-state index contributed by atoms with van der Waals surface area (Å²) in [6.07, 6.45) is 1.44. The molecule has 1 heterocycles. The van der Waals surface area contributed by atoms with E-state index >= 15 is 0 Å². The average molecular weight is 184 g/mol. The minimum absolute atomic E-state index is 0.123. The van der Waals surface area contributed by atoms with Crippen LogP contribution in [0.5, 0.6) is 0 Å². The second kappa shape index (κ2) is 3.45. The lowest BCUT2D eigenvalue weighted by Crippen LogP contribution is -2.04. The fraction of sp³-hybridized carbons (Fsp3) is 0.125. The number of carbonyl (C=O) groups is 2. The third-order valence-electron chi connectivity index (χ3n) is 1.35. The van der Waals surface area contributed by atoms with E-state index in [2.05, 4.69) is 4.98 Å². The molecule has 0 aromatic carbocycles. The van der Waals surface area contributed by atoms with Gasteiger partial charge in [-0.1, -0.05) is 0 Å². The highest BCUT2D eigenvalue weighted by atomic mass is 35.5. The van der Waals surface area contributed by atoms with Gasteiger partial charge in [-0.3, -0.25) is 14.6 Å². The van der Waals surface area contributed by atoms with Gasteiger partial charge in [-0.15, -0.1) is 0 Å². The van der Waals surface area contributed by atoms with E-state index in [1.807, 2.05) is 0 Å². The van der Waals surface area contributed by atoms with Crippen molar-refractivity contribution in [1.82, 2.24) is 4.98 Å². The molecule has 0 spiro atoms. The fourth-order valence-electron chi connectivity index (χ4n) is 0.844. The number of hydrogen-bond donors (Lipinski definition) is 0. The second-order valence-corrected chi connectivity index (χ2v) is 2.57. The Balaban J connectivity index is 3.27. The van der Waals surface area contributed by atoms with E-state index < -0.39 is 5.24 Å². The maximum atomic E-state index is 10.9. The molecule has 12 heavy (non-hydrogen) atoms. The summed E-state index contributed by atoms with van der Waals surface area (Å²) in [4.78, 5) is 25.4. The predicted molar refractivity (Wildman–Crippen MR) is 44.4 cm³/mol. The molecule has 0 aliphatic heterocycles. The van der Waals surface area contributed by atoms with Gasteiger partial charge in [0.05, 0.1) is 5.56 Å². The highest BCUT2D eigenvalue weighted by molar-refractivity contribution is 6.68. The van der Waals surface area contributed by atoms with Gasteiger partial charge >= 0.3 is 0 Å². The van der Waals surface area contributed by atoms with Gasteiger partial charge in [0.15, 0.2) is 5.78 Å². The zero-order valence-electron chi connectivity index (χ0n) is 6.37. The average Bonchev–Trinajstić information content (AvgIpc) is 2.04. The highest BCUT2D eigenvalue weighted by Crippen LogP contribution is 2.08. The molecular weight excluding hydrogens is 178 g/mol.